The normalized spacial score (nSPS) is 9.56. The Morgan fingerprint density at radius 2 is 1.25 bits per heavy atom. The molecule has 0 aliphatic heterocycles. The van der Waals surface area contributed by atoms with Gasteiger partial charge in [-0.25, -0.2) is 0 Å². The molecular formula is C12H11BrClNS. The third-order valence-corrected chi connectivity index (χ3v) is 3.47. The molecule has 0 aromatic heterocycles. The average molecular weight is 317 g/mol. The van der Waals surface area contributed by atoms with Gasteiger partial charge in [-0.05, 0) is 48.5 Å². The molecule has 0 aliphatic carbocycles. The number of nitrogen functional groups attached to an aromatic ring is 1. The fourth-order valence-electron chi connectivity index (χ4n) is 1.17. The Bertz CT molecular complexity index is 398. The fraction of sp³-hybridized carbons (Fsp3) is 0. The zero-order chi connectivity index (χ0) is 10.7. The van der Waals surface area contributed by atoms with E-state index in [1.54, 1.807) is 11.8 Å². The predicted octanol–water partition coefficient (Wildman–Crippen LogP) is 4.60. The Morgan fingerprint density at radius 3 is 1.75 bits per heavy atom. The Kier molecular flexibility index (Phi) is 5.19. The van der Waals surface area contributed by atoms with Gasteiger partial charge in [0, 0.05) is 20.0 Å². The molecule has 2 rings (SSSR count). The van der Waals surface area contributed by atoms with Crippen molar-refractivity contribution in [2.24, 2.45) is 0 Å². The first-order chi connectivity index (χ1) is 7.24. The van der Waals surface area contributed by atoms with Gasteiger partial charge in [0.25, 0.3) is 0 Å². The van der Waals surface area contributed by atoms with Crippen LogP contribution < -0.4 is 5.73 Å². The lowest BCUT2D eigenvalue weighted by Gasteiger charge is -2.02. The van der Waals surface area contributed by atoms with Gasteiger partial charge in [-0.1, -0.05) is 27.7 Å². The highest BCUT2D eigenvalue weighted by Gasteiger charge is 1.96. The van der Waals surface area contributed by atoms with Crippen molar-refractivity contribution in [3.05, 3.63) is 53.0 Å². The van der Waals surface area contributed by atoms with Gasteiger partial charge < -0.3 is 5.73 Å². The first-order valence-electron chi connectivity index (χ1n) is 4.53. The number of halogens is 2. The highest BCUT2D eigenvalue weighted by atomic mass is 79.9. The van der Waals surface area contributed by atoms with Gasteiger partial charge in [-0.15, -0.1) is 12.4 Å². The maximum atomic E-state index is 5.62. The van der Waals surface area contributed by atoms with Gasteiger partial charge in [0.15, 0.2) is 0 Å². The van der Waals surface area contributed by atoms with Crippen LogP contribution in [-0.2, 0) is 0 Å². The summed E-state index contributed by atoms with van der Waals surface area (Å²) >= 11 is 5.14. The van der Waals surface area contributed by atoms with Crippen molar-refractivity contribution in [3.8, 4) is 0 Å². The van der Waals surface area contributed by atoms with Crippen LogP contribution in [0.4, 0.5) is 5.69 Å². The molecule has 0 radical (unpaired) electrons. The molecule has 2 N–H and O–H groups in total. The first kappa shape index (κ1) is 13.4. The number of benzene rings is 2. The molecule has 2 aromatic carbocycles. The summed E-state index contributed by atoms with van der Waals surface area (Å²) in [4.78, 5) is 2.43. The minimum atomic E-state index is 0. The zero-order valence-electron chi connectivity index (χ0n) is 8.39. The van der Waals surface area contributed by atoms with Crippen molar-refractivity contribution >= 4 is 45.8 Å². The third-order valence-electron chi connectivity index (χ3n) is 1.93. The summed E-state index contributed by atoms with van der Waals surface area (Å²) in [6.45, 7) is 0. The van der Waals surface area contributed by atoms with E-state index in [-0.39, 0.29) is 12.4 Å². The molecule has 1 nitrogen and oxygen atoms in total. The Morgan fingerprint density at radius 1 is 0.812 bits per heavy atom. The summed E-state index contributed by atoms with van der Waals surface area (Å²) in [5, 5.41) is 0. The van der Waals surface area contributed by atoms with Crippen LogP contribution in [-0.4, -0.2) is 0 Å². The molecule has 0 bridgehead atoms. The number of hydrogen-bond donors (Lipinski definition) is 1. The van der Waals surface area contributed by atoms with Crippen LogP contribution in [0.1, 0.15) is 0 Å². The lowest BCUT2D eigenvalue weighted by atomic mass is 10.3. The van der Waals surface area contributed by atoms with Gasteiger partial charge in [0.05, 0.1) is 0 Å². The van der Waals surface area contributed by atoms with Gasteiger partial charge >= 0.3 is 0 Å². The Balaban J connectivity index is 0.00000128. The van der Waals surface area contributed by atoms with Crippen molar-refractivity contribution in [2.75, 3.05) is 5.73 Å². The van der Waals surface area contributed by atoms with E-state index in [4.69, 9.17) is 5.73 Å². The van der Waals surface area contributed by atoms with E-state index in [0.717, 1.165) is 10.2 Å². The minimum absolute atomic E-state index is 0. The SMILES string of the molecule is Cl.Nc1ccc(Sc2ccc(Br)cc2)cc1. The van der Waals surface area contributed by atoms with Crippen molar-refractivity contribution in [3.63, 3.8) is 0 Å². The Labute approximate surface area is 114 Å². The van der Waals surface area contributed by atoms with E-state index in [1.807, 2.05) is 36.4 Å². The third kappa shape index (κ3) is 3.74. The quantitative estimate of drug-likeness (QED) is 0.819. The molecule has 0 spiro atoms. The molecule has 84 valence electrons. The number of rotatable bonds is 2. The summed E-state index contributed by atoms with van der Waals surface area (Å²) < 4.78 is 1.10. The van der Waals surface area contributed by atoms with Crippen LogP contribution in [0.5, 0.6) is 0 Å². The maximum Gasteiger partial charge on any atom is 0.0314 e. The van der Waals surface area contributed by atoms with Crippen LogP contribution >= 0.6 is 40.1 Å². The predicted molar refractivity (Wildman–Crippen MR) is 76.4 cm³/mol. The molecule has 0 atom stereocenters. The molecule has 0 unspecified atom stereocenters. The molecule has 0 heterocycles. The molecule has 0 saturated carbocycles. The molecule has 0 fully saturated rings. The van der Waals surface area contributed by atoms with Crippen LogP contribution in [0.3, 0.4) is 0 Å². The van der Waals surface area contributed by atoms with E-state index in [0.29, 0.717) is 0 Å². The van der Waals surface area contributed by atoms with Crippen LogP contribution in [0, 0.1) is 0 Å². The van der Waals surface area contributed by atoms with Crippen molar-refractivity contribution in [2.45, 2.75) is 9.79 Å². The number of anilines is 1. The van der Waals surface area contributed by atoms with E-state index in [9.17, 15) is 0 Å². The summed E-state index contributed by atoms with van der Waals surface area (Å²) in [5.74, 6) is 0. The average Bonchev–Trinajstić information content (AvgIpc) is 2.25. The largest absolute Gasteiger partial charge is 0.399 e. The fourth-order valence-corrected chi connectivity index (χ4v) is 2.26. The van der Waals surface area contributed by atoms with Gasteiger partial charge in [-0.3, -0.25) is 0 Å². The second-order valence-corrected chi connectivity index (χ2v) is 5.19. The van der Waals surface area contributed by atoms with Crippen LogP contribution in [0.15, 0.2) is 62.8 Å². The van der Waals surface area contributed by atoms with Gasteiger partial charge in [0.2, 0.25) is 0 Å². The van der Waals surface area contributed by atoms with E-state index >= 15 is 0 Å². The second kappa shape index (κ2) is 6.18. The van der Waals surface area contributed by atoms with E-state index in [2.05, 4.69) is 28.1 Å². The van der Waals surface area contributed by atoms with Crippen molar-refractivity contribution in [1.29, 1.82) is 0 Å². The second-order valence-electron chi connectivity index (χ2n) is 3.13. The summed E-state index contributed by atoms with van der Waals surface area (Å²) in [6.07, 6.45) is 0. The lowest BCUT2D eigenvalue weighted by Crippen LogP contribution is -1.82. The highest BCUT2D eigenvalue weighted by Crippen LogP contribution is 2.28. The van der Waals surface area contributed by atoms with Gasteiger partial charge in [0.1, 0.15) is 0 Å². The van der Waals surface area contributed by atoms with Crippen molar-refractivity contribution < 1.29 is 0 Å². The number of nitrogens with two attached hydrogens (primary N) is 1. The standard InChI is InChI=1S/C12H10BrNS.ClH/c13-9-1-5-11(6-2-9)15-12-7-3-10(14)4-8-12;/h1-8H,14H2;1H. The molecule has 4 heteroatoms. The summed E-state index contributed by atoms with van der Waals surface area (Å²) in [7, 11) is 0. The molecule has 16 heavy (non-hydrogen) atoms. The van der Waals surface area contributed by atoms with E-state index < -0.39 is 0 Å². The zero-order valence-corrected chi connectivity index (χ0v) is 11.6. The van der Waals surface area contributed by atoms with Crippen molar-refractivity contribution in [1.82, 2.24) is 0 Å². The molecule has 0 amide bonds. The highest BCUT2D eigenvalue weighted by molar-refractivity contribution is 9.10. The molecular weight excluding hydrogens is 306 g/mol. The number of hydrogen-bond acceptors (Lipinski definition) is 2. The topological polar surface area (TPSA) is 26.0 Å². The van der Waals surface area contributed by atoms with E-state index in [1.165, 1.54) is 9.79 Å². The summed E-state index contributed by atoms with van der Waals surface area (Å²) in [6, 6.07) is 16.2. The van der Waals surface area contributed by atoms with Crippen LogP contribution in [0.2, 0.25) is 0 Å². The monoisotopic (exact) mass is 315 g/mol. The molecule has 0 saturated heterocycles. The molecule has 2 aromatic rings. The first-order valence-corrected chi connectivity index (χ1v) is 6.14. The molecule has 0 aliphatic rings. The maximum absolute atomic E-state index is 5.62. The van der Waals surface area contributed by atoms with Crippen LogP contribution in [0.25, 0.3) is 0 Å². The Hall–Kier alpha value is -0.640. The summed E-state index contributed by atoms with van der Waals surface area (Å²) in [5.41, 5.74) is 6.43. The lowest BCUT2D eigenvalue weighted by molar-refractivity contribution is 1.40. The smallest absolute Gasteiger partial charge is 0.0314 e. The van der Waals surface area contributed by atoms with Gasteiger partial charge in [-0.2, -0.15) is 0 Å². The minimum Gasteiger partial charge on any atom is -0.399 e.